The Morgan fingerprint density at radius 3 is 2.46 bits per heavy atom. The highest BCUT2D eigenvalue weighted by atomic mass is 16.2. The Bertz CT molecular complexity index is 266. The summed E-state index contributed by atoms with van der Waals surface area (Å²) in [5.41, 5.74) is -0.239. The zero-order valence-electron chi connectivity index (χ0n) is 8.17. The zero-order valence-corrected chi connectivity index (χ0v) is 8.17. The molecule has 0 atom stereocenters. The summed E-state index contributed by atoms with van der Waals surface area (Å²) >= 11 is 0. The van der Waals surface area contributed by atoms with Crippen LogP contribution in [0.4, 0.5) is 0 Å². The molecule has 2 fully saturated rings. The maximum Gasteiger partial charge on any atom is 0.226 e. The molecule has 1 amide bonds. The Balaban J connectivity index is 2.13. The van der Waals surface area contributed by atoms with Gasteiger partial charge >= 0.3 is 0 Å². The van der Waals surface area contributed by atoms with Crippen LogP contribution in [0.3, 0.4) is 0 Å². The van der Waals surface area contributed by atoms with Gasteiger partial charge in [-0.3, -0.25) is 9.59 Å². The van der Waals surface area contributed by atoms with E-state index in [2.05, 4.69) is 0 Å². The van der Waals surface area contributed by atoms with E-state index < -0.39 is 0 Å². The van der Waals surface area contributed by atoms with Crippen LogP contribution in [0.25, 0.3) is 0 Å². The molecule has 0 aromatic carbocycles. The molecule has 1 saturated carbocycles. The van der Waals surface area contributed by atoms with Gasteiger partial charge in [-0.15, -0.1) is 0 Å². The van der Waals surface area contributed by atoms with E-state index in [1.165, 1.54) is 0 Å². The van der Waals surface area contributed by atoms with Crippen LogP contribution in [0.2, 0.25) is 0 Å². The van der Waals surface area contributed by atoms with Crippen molar-refractivity contribution in [1.82, 2.24) is 4.90 Å². The van der Waals surface area contributed by atoms with Gasteiger partial charge in [-0.1, -0.05) is 0 Å². The number of hydrogen-bond donors (Lipinski definition) is 0. The standard InChI is InChI=1S/C10H15NO2/c1-10(2)5-8(12)6-11(10)9(13)7-3-4-7/h7H,3-6H2,1-2H3. The van der Waals surface area contributed by atoms with Crippen molar-refractivity contribution >= 4 is 11.7 Å². The third kappa shape index (κ3) is 1.47. The summed E-state index contributed by atoms with van der Waals surface area (Å²) in [5, 5.41) is 0. The lowest BCUT2D eigenvalue weighted by Crippen LogP contribution is -2.43. The minimum absolute atomic E-state index is 0.191. The minimum atomic E-state index is -0.239. The molecule has 0 N–H and O–H groups in total. The third-order valence-corrected chi connectivity index (χ3v) is 2.89. The van der Waals surface area contributed by atoms with Crippen LogP contribution >= 0.6 is 0 Å². The van der Waals surface area contributed by atoms with Crippen molar-refractivity contribution in [3.8, 4) is 0 Å². The fourth-order valence-electron chi connectivity index (χ4n) is 1.95. The highest BCUT2D eigenvalue weighted by Gasteiger charge is 2.44. The number of nitrogens with zero attached hydrogens (tertiary/aromatic N) is 1. The molecule has 3 heteroatoms. The molecule has 1 aliphatic carbocycles. The highest BCUT2D eigenvalue weighted by molar-refractivity contribution is 5.92. The van der Waals surface area contributed by atoms with Crippen LogP contribution in [-0.4, -0.2) is 28.7 Å². The van der Waals surface area contributed by atoms with Gasteiger partial charge in [0.1, 0.15) is 0 Å². The van der Waals surface area contributed by atoms with E-state index in [0.717, 1.165) is 12.8 Å². The fraction of sp³-hybridized carbons (Fsp3) is 0.800. The number of hydrogen-bond acceptors (Lipinski definition) is 2. The van der Waals surface area contributed by atoms with Crippen molar-refractivity contribution in [2.45, 2.75) is 38.6 Å². The Hall–Kier alpha value is -0.860. The Labute approximate surface area is 78.1 Å². The molecule has 0 radical (unpaired) electrons. The molecule has 2 rings (SSSR count). The molecule has 72 valence electrons. The molecule has 0 spiro atoms. The normalized spacial score (nSPS) is 26.6. The van der Waals surface area contributed by atoms with E-state index in [9.17, 15) is 9.59 Å². The molecule has 3 nitrogen and oxygen atoms in total. The first-order chi connectivity index (χ1) is 6.00. The van der Waals surface area contributed by atoms with E-state index in [-0.39, 0.29) is 23.1 Å². The van der Waals surface area contributed by atoms with Gasteiger partial charge in [0.15, 0.2) is 5.78 Å². The number of ketones is 1. The average molecular weight is 181 g/mol. The summed E-state index contributed by atoms with van der Waals surface area (Å²) in [4.78, 5) is 24.7. The van der Waals surface area contributed by atoms with Gasteiger partial charge in [0.2, 0.25) is 5.91 Å². The summed E-state index contributed by atoms with van der Waals surface area (Å²) in [6, 6.07) is 0. The molecule has 1 aliphatic heterocycles. The van der Waals surface area contributed by atoms with Crippen LogP contribution in [0.1, 0.15) is 33.1 Å². The predicted octanol–water partition coefficient (Wildman–Crippen LogP) is 0.976. The largest absolute Gasteiger partial charge is 0.330 e. The van der Waals surface area contributed by atoms with Crippen molar-refractivity contribution in [1.29, 1.82) is 0 Å². The molecule has 2 aliphatic rings. The van der Waals surface area contributed by atoms with Gasteiger partial charge in [-0.25, -0.2) is 0 Å². The summed E-state index contributed by atoms with van der Waals surface area (Å²) in [6.07, 6.45) is 2.55. The summed E-state index contributed by atoms with van der Waals surface area (Å²) in [5.74, 6) is 0.611. The van der Waals surface area contributed by atoms with Crippen molar-refractivity contribution in [3.63, 3.8) is 0 Å². The van der Waals surface area contributed by atoms with E-state index in [1.807, 2.05) is 13.8 Å². The van der Waals surface area contributed by atoms with Gasteiger partial charge in [-0.05, 0) is 26.7 Å². The topological polar surface area (TPSA) is 37.4 Å². The maximum absolute atomic E-state index is 11.7. The zero-order chi connectivity index (χ0) is 9.64. The van der Waals surface area contributed by atoms with Crippen LogP contribution in [0.5, 0.6) is 0 Å². The van der Waals surface area contributed by atoms with Gasteiger partial charge in [0.25, 0.3) is 0 Å². The number of rotatable bonds is 1. The van der Waals surface area contributed by atoms with Crippen molar-refractivity contribution < 1.29 is 9.59 Å². The van der Waals surface area contributed by atoms with Crippen LogP contribution in [0.15, 0.2) is 0 Å². The second-order valence-electron chi connectivity index (χ2n) is 4.73. The number of carbonyl (C=O) groups excluding carboxylic acids is 2. The predicted molar refractivity (Wildman–Crippen MR) is 48.1 cm³/mol. The molecule has 1 heterocycles. The summed E-state index contributed by atoms with van der Waals surface area (Å²) in [7, 11) is 0. The minimum Gasteiger partial charge on any atom is -0.330 e. The van der Waals surface area contributed by atoms with E-state index in [4.69, 9.17) is 0 Å². The molecule has 0 aromatic heterocycles. The molecule has 0 aromatic rings. The monoisotopic (exact) mass is 181 g/mol. The number of likely N-dealkylation sites (tertiary alicyclic amines) is 1. The van der Waals surface area contributed by atoms with E-state index >= 15 is 0 Å². The third-order valence-electron chi connectivity index (χ3n) is 2.89. The van der Waals surface area contributed by atoms with Crippen LogP contribution in [-0.2, 0) is 9.59 Å². The molecule has 0 bridgehead atoms. The van der Waals surface area contributed by atoms with Gasteiger partial charge in [0.05, 0.1) is 6.54 Å². The van der Waals surface area contributed by atoms with Crippen LogP contribution < -0.4 is 0 Å². The number of amides is 1. The number of carbonyl (C=O) groups is 2. The lowest BCUT2D eigenvalue weighted by atomic mass is 10.0. The van der Waals surface area contributed by atoms with Gasteiger partial charge in [-0.2, -0.15) is 0 Å². The molecular formula is C10H15NO2. The van der Waals surface area contributed by atoms with Gasteiger partial charge < -0.3 is 4.90 Å². The fourth-order valence-corrected chi connectivity index (χ4v) is 1.95. The quantitative estimate of drug-likeness (QED) is 0.604. The second-order valence-corrected chi connectivity index (χ2v) is 4.73. The number of Topliss-reactive ketones (excluding diaryl/α,β-unsaturated/α-hetero) is 1. The van der Waals surface area contributed by atoms with E-state index in [1.54, 1.807) is 4.90 Å². The first-order valence-corrected chi connectivity index (χ1v) is 4.84. The average Bonchev–Trinajstić information content (AvgIpc) is 2.76. The van der Waals surface area contributed by atoms with Crippen molar-refractivity contribution in [3.05, 3.63) is 0 Å². The Kier molecular flexibility index (Phi) is 1.72. The van der Waals surface area contributed by atoms with Crippen molar-refractivity contribution in [2.75, 3.05) is 6.54 Å². The Morgan fingerprint density at radius 1 is 1.46 bits per heavy atom. The van der Waals surface area contributed by atoms with Crippen molar-refractivity contribution in [2.24, 2.45) is 5.92 Å². The molecule has 13 heavy (non-hydrogen) atoms. The molecule has 1 saturated heterocycles. The van der Waals surface area contributed by atoms with E-state index in [0.29, 0.717) is 13.0 Å². The second kappa shape index (κ2) is 2.56. The van der Waals surface area contributed by atoms with Gasteiger partial charge in [0, 0.05) is 17.9 Å². The SMILES string of the molecule is CC1(C)CC(=O)CN1C(=O)C1CC1. The highest BCUT2D eigenvalue weighted by Crippen LogP contribution is 2.36. The summed E-state index contributed by atoms with van der Waals surface area (Å²) < 4.78 is 0. The first kappa shape index (κ1) is 8.73. The molecule has 0 unspecified atom stereocenters. The smallest absolute Gasteiger partial charge is 0.226 e. The van der Waals surface area contributed by atoms with Crippen LogP contribution in [0, 0.1) is 5.92 Å². The summed E-state index contributed by atoms with van der Waals surface area (Å²) in [6.45, 7) is 4.28. The molecular weight excluding hydrogens is 166 g/mol. The lowest BCUT2D eigenvalue weighted by molar-refractivity contribution is -0.136. The lowest BCUT2D eigenvalue weighted by Gasteiger charge is -2.30. The first-order valence-electron chi connectivity index (χ1n) is 4.84. The Morgan fingerprint density at radius 2 is 2.08 bits per heavy atom. The maximum atomic E-state index is 11.7.